The molecule has 2 atom stereocenters. The number of carboxylic acids is 1. The molecule has 0 spiro atoms. The molecule has 0 saturated carbocycles. The molecular weight excluding hydrogens is 509 g/mol. The van der Waals surface area contributed by atoms with Gasteiger partial charge in [-0.05, 0) is 62.9 Å². The van der Waals surface area contributed by atoms with Gasteiger partial charge in [0.1, 0.15) is 0 Å². The summed E-state index contributed by atoms with van der Waals surface area (Å²) in [7, 11) is -4.06. The first-order valence-electron chi connectivity index (χ1n) is 12.0. The van der Waals surface area contributed by atoms with Crippen LogP contribution in [0.2, 0.25) is 0 Å². The number of sulfonamides is 1. The maximum atomic E-state index is 12.8. The lowest BCUT2D eigenvalue weighted by molar-refractivity contribution is -0.149. The van der Waals surface area contributed by atoms with Gasteiger partial charge in [-0.2, -0.15) is 13.2 Å². The van der Waals surface area contributed by atoms with Gasteiger partial charge in [0.25, 0.3) is 0 Å². The van der Waals surface area contributed by atoms with E-state index in [1.807, 2.05) is 6.92 Å². The Morgan fingerprint density at radius 2 is 1.57 bits per heavy atom. The van der Waals surface area contributed by atoms with E-state index in [4.69, 9.17) is 0 Å². The maximum absolute atomic E-state index is 12.8. The van der Waals surface area contributed by atoms with Crippen molar-refractivity contribution in [3.05, 3.63) is 65.7 Å². The zero-order valence-electron chi connectivity index (χ0n) is 21.0. The van der Waals surface area contributed by atoms with Crippen LogP contribution in [-0.4, -0.2) is 31.4 Å². The van der Waals surface area contributed by atoms with Gasteiger partial charge in [-0.25, -0.2) is 13.1 Å². The van der Waals surface area contributed by atoms with Crippen LogP contribution in [0.3, 0.4) is 0 Å². The Morgan fingerprint density at radius 1 is 0.973 bits per heavy atom. The summed E-state index contributed by atoms with van der Waals surface area (Å²) < 4.78 is 66.3. The summed E-state index contributed by atoms with van der Waals surface area (Å²) in [6.07, 6.45) is -2.77. The fraction of sp³-hybridized carbons (Fsp3) is 0.462. The average Bonchev–Trinajstić information content (AvgIpc) is 2.82. The van der Waals surface area contributed by atoms with Crippen molar-refractivity contribution in [1.82, 2.24) is 10.0 Å². The number of hydrogen-bond donors (Lipinski definition) is 3. The SMILES string of the molecule is CCC[C@@H](CCCC(=O)N[C@@H](c1ccccc1)C(C)(C)C(=O)O)NS(=O)(=O)c1ccc(C(F)(F)F)cc1. The van der Waals surface area contributed by atoms with Crippen molar-refractivity contribution in [2.24, 2.45) is 5.41 Å². The largest absolute Gasteiger partial charge is 0.481 e. The molecule has 0 aromatic heterocycles. The average molecular weight is 543 g/mol. The summed E-state index contributed by atoms with van der Waals surface area (Å²) in [6.45, 7) is 4.92. The second kappa shape index (κ2) is 12.6. The first-order chi connectivity index (χ1) is 17.2. The molecule has 0 saturated heterocycles. The summed E-state index contributed by atoms with van der Waals surface area (Å²) in [5.41, 5.74) is -1.57. The van der Waals surface area contributed by atoms with Crippen LogP contribution in [0, 0.1) is 5.41 Å². The van der Waals surface area contributed by atoms with E-state index in [1.54, 1.807) is 30.3 Å². The minimum Gasteiger partial charge on any atom is -0.481 e. The third-order valence-corrected chi connectivity index (χ3v) is 7.65. The monoisotopic (exact) mass is 542 g/mol. The summed E-state index contributed by atoms with van der Waals surface area (Å²) >= 11 is 0. The number of amides is 1. The van der Waals surface area contributed by atoms with Gasteiger partial charge in [-0.15, -0.1) is 0 Å². The molecule has 7 nitrogen and oxygen atoms in total. The number of carbonyl (C=O) groups excluding carboxylic acids is 1. The van der Waals surface area contributed by atoms with Crippen LogP contribution < -0.4 is 10.0 Å². The lowest BCUT2D eigenvalue weighted by atomic mass is 9.80. The Balaban J connectivity index is 2.03. The molecule has 0 fully saturated rings. The third kappa shape index (κ3) is 8.57. The second-order valence-electron chi connectivity index (χ2n) is 9.46. The molecule has 11 heteroatoms. The smallest absolute Gasteiger partial charge is 0.416 e. The number of alkyl halides is 3. The zero-order chi connectivity index (χ0) is 27.9. The van der Waals surface area contributed by atoms with E-state index >= 15 is 0 Å². The second-order valence-corrected chi connectivity index (χ2v) is 11.2. The maximum Gasteiger partial charge on any atom is 0.416 e. The fourth-order valence-corrected chi connectivity index (χ4v) is 5.22. The van der Waals surface area contributed by atoms with Crippen LogP contribution in [0.15, 0.2) is 59.5 Å². The normalized spacial score (nSPS) is 14.1. The van der Waals surface area contributed by atoms with Gasteiger partial charge in [0.2, 0.25) is 15.9 Å². The first kappa shape index (κ1) is 30.3. The lowest BCUT2D eigenvalue weighted by Crippen LogP contribution is -2.42. The summed E-state index contributed by atoms with van der Waals surface area (Å²) in [4.78, 5) is 24.3. The standard InChI is InChI=1S/C26H33F3N2O5S/c1-4-9-20(31-37(35,36)21-16-14-19(15-17-21)26(27,28)29)12-8-13-22(32)30-23(25(2,3)24(33)34)18-10-6-5-7-11-18/h5-7,10-11,14-17,20,23,31H,4,8-9,12-13H2,1-3H3,(H,30,32)(H,33,34)/t20-,23-/m0/s1. The quantitative estimate of drug-likeness (QED) is 0.318. The number of nitrogens with one attached hydrogen (secondary N) is 2. The highest BCUT2D eigenvalue weighted by Gasteiger charge is 2.39. The number of carbonyl (C=O) groups is 2. The van der Waals surface area contributed by atoms with Gasteiger partial charge in [0.15, 0.2) is 0 Å². The zero-order valence-corrected chi connectivity index (χ0v) is 21.8. The van der Waals surface area contributed by atoms with Crippen LogP contribution in [0.25, 0.3) is 0 Å². The van der Waals surface area contributed by atoms with E-state index in [0.29, 0.717) is 31.2 Å². The van der Waals surface area contributed by atoms with Crippen molar-refractivity contribution in [1.29, 1.82) is 0 Å². The van der Waals surface area contributed by atoms with Gasteiger partial charge >= 0.3 is 12.1 Å². The highest BCUT2D eigenvalue weighted by Crippen LogP contribution is 2.34. The molecule has 2 rings (SSSR count). The van der Waals surface area contributed by atoms with Crippen molar-refractivity contribution in [3.63, 3.8) is 0 Å². The molecule has 204 valence electrons. The van der Waals surface area contributed by atoms with Crippen molar-refractivity contribution < 1.29 is 36.3 Å². The Kier molecular flexibility index (Phi) is 10.3. The molecule has 2 aromatic carbocycles. The van der Waals surface area contributed by atoms with Crippen LogP contribution in [-0.2, 0) is 25.8 Å². The molecule has 0 aliphatic heterocycles. The molecule has 0 radical (unpaired) electrons. The number of aliphatic carboxylic acids is 1. The minimum atomic E-state index is -4.57. The predicted octanol–water partition coefficient (Wildman–Crippen LogP) is 5.29. The predicted molar refractivity (Wildman–Crippen MR) is 133 cm³/mol. The fourth-order valence-electron chi connectivity index (χ4n) is 3.91. The van der Waals surface area contributed by atoms with E-state index in [1.165, 1.54) is 13.8 Å². The van der Waals surface area contributed by atoms with Crippen LogP contribution in [0.1, 0.15) is 70.0 Å². The van der Waals surface area contributed by atoms with Gasteiger partial charge in [0, 0.05) is 12.5 Å². The van der Waals surface area contributed by atoms with E-state index in [-0.39, 0.29) is 17.2 Å². The Labute approximate surface area is 215 Å². The highest BCUT2D eigenvalue weighted by molar-refractivity contribution is 7.89. The van der Waals surface area contributed by atoms with Crippen molar-refractivity contribution in [3.8, 4) is 0 Å². The lowest BCUT2D eigenvalue weighted by Gasteiger charge is -2.31. The molecule has 0 aliphatic carbocycles. The molecule has 3 N–H and O–H groups in total. The van der Waals surface area contributed by atoms with Crippen LogP contribution >= 0.6 is 0 Å². The van der Waals surface area contributed by atoms with E-state index in [0.717, 1.165) is 24.3 Å². The number of carboxylic acid groups (broad SMARTS) is 1. The number of hydrogen-bond acceptors (Lipinski definition) is 4. The van der Waals surface area contributed by atoms with Gasteiger partial charge < -0.3 is 10.4 Å². The van der Waals surface area contributed by atoms with Crippen LogP contribution in [0.4, 0.5) is 13.2 Å². The number of benzene rings is 2. The molecule has 1 amide bonds. The van der Waals surface area contributed by atoms with Crippen molar-refractivity contribution in [2.45, 2.75) is 76.0 Å². The summed E-state index contributed by atoms with van der Waals surface area (Å²) in [5, 5.41) is 12.5. The Morgan fingerprint density at radius 3 is 2.08 bits per heavy atom. The molecule has 0 heterocycles. The molecular formula is C26H33F3N2O5S. The topological polar surface area (TPSA) is 113 Å². The van der Waals surface area contributed by atoms with Gasteiger partial charge in [-0.1, -0.05) is 43.7 Å². The number of halogens is 3. The van der Waals surface area contributed by atoms with Crippen LogP contribution in [0.5, 0.6) is 0 Å². The summed E-state index contributed by atoms with van der Waals surface area (Å²) in [5.74, 6) is -1.44. The minimum absolute atomic E-state index is 0.0429. The molecule has 0 aliphatic rings. The molecule has 0 unspecified atom stereocenters. The van der Waals surface area contributed by atoms with Gasteiger partial charge in [-0.3, -0.25) is 9.59 Å². The molecule has 2 aromatic rings. The van der Waals surface area contributed by atoms with Gasteiger partial charge in [0.05, 0.1) is 21.9 Å². The molecule has 37 heavy (non-hydrogen) atoms. The van der Waals surface area contributed by atoms with E-state index in [9.17, 15) is 36.3 Å². The Bertz CT molecular complexity index is 1150. The van der Waals surface area contributed by atoms with E-state index in [2.05, 4.69) is 10.0 Å². The first-order valence-corrected chi connectivity index (χ1v) is 13.4. The Hall–Kier alpha value is -2.92. The number of rotatable bonds is 13. The summed E-state index contributed by atoms with van der Waals surface area (Å²) in [6, 6.07) is 10.7. The van der Waals surface area contributed by atoms with Crippen molar-refractivity contribution >= 4 is 21.9 Å². The highest BCUT2D eigenvalue weighted by atomic mass is 32.2. The van der Waals surface area contributed by atoms with E-state index < -0.39 is 45.2 Å². The van der Waals surface area contributed by atoms with Crippen molar-refractivity contribution in [2.75, 3.05) is 0 Å². The molecule has 0 bridgehead atoms. The third-order valence-electron chi connectivity index (χ3n) is 6.12.